The molecule has 0 aliphatic carbocycles. The summed E-state index contributed by atoms with van der Waals surface area (Å²) < 4.78 is 0. The zero-order valence-corrected chi connectivity index (χ0v) is 12.2. The molecule has 1 heterocycles. The van der Waals surface area contributed by atoms with Crippen LogP contribution in [0, 0.1) is 0 Å². The van der Waals surface area contributed by atoms with Gasteiger partial charge in [0.15, 0.2) is 0 Å². The molecule has 0 unspecified atom stereocenters. The molecule has 0 atom stereocenters. The number of halogens is 1. The van der Waals surface area contributed by atoms with E-state index in [4.69, 9.17) is 11.6 Å². The molecule has 2 aromatic rings. The summed E-state index contributed by atoms with van der Waals surface area (Å²) in [7, 11) is 0. The lowest BCUT2D eigenvalue weighted by Crippen LogP contribution is -2.34. The van der Waals surface area contributed by atoms with E-state index < -0.39 is 5.91 Å². The fraction of sp³-hybridized carbons (Fsp3) is 0.0667. The van der Waals surface area contributed by atoms with Gasteiger partial charge in [-0.3, -0.25) is 14.6 Å². The average molecular weight is 317 g/mol. The second-order valence-corrected chi connectivity index (χ2v) is 4.70. The van der Waals surface area contributed by atoms with Crippen molar-refractivity contribution in [2.75, 3.05) is 6.54 Å². The minimum Gasteiger partial charge on any atom is -0.343 e. The molecule has 2 N–H and O–H groups in total. The first-order chi connectivity index (χ1) is 10.6. The number of benzene rings is 1. The number of nitrogens with one attached hydrogen (secondary N) is 2. The number of rotatable bonds is 5. The van der Waals surface area contributed by atoms with E-state index in [1.54, 1.807) is 36.4 Å². The number of hydrogen-bond donors (Lipinski definition) is 2. The van der Waals surface area contributed by atoms with Gasteiger partial charge in [0.2, 0.25) is 0 Å². The first kappa shape index (κ1) is 15.7. The van der Waals surface area contributed by atoms with E-state index in [0.717, 1.165) is 5.56 Å². The Hall–Kier alpha value is -2.73. The standard InChI is InChI=1S/C15H13ClN4O2/c16-13-3-1-2-11(8-13)9-19-20-14(21)10-18-15(22)12-4-6-17-7-5-12/h1-9H,10H2,(H,18,22)(H,20,21)/b19-9+. The molecule has 2 amide bonds. The first-order valence-electron chi connectivity index (χ1n) is 6.41. The molecule has 0 spiro atoms. The summed E-state index contributed by atoms with van der Waals surface area (Å²) in [5.41, 5.74) is 3.51. The number of aromatic nitrogens is 1. The van der Waals surface area contributed by atoms with Crippen LogP contribution < -0.4 is 10.7 Å². The Kier molecular flexibility index (Phi) is 5.62. The van der Waals surface area contributed by atoms with Crippen LogP contribution in [-0.2, 0) is 4.79 Å². The first-order valence-corrected chi connectivity index (χ1v) is 6.78. The fourth-order valence-corrected chi connectivity index (χ4v) is 1.77. The zero-order valence-electron chi connectivity index (χ0n) is 11.5. The summed E-state index contributed by atoms with van der Waals surface area (Å²) in [6, 6.07) is 10.1. The van der Waals surface area contributed by atoms with Crippen molar-refractivity contribution in [1.29, 1.82) is 0 Å². The lowest BCUT2D eigenvalue weighted by Gasteiger charge is -2.03. The minimum atomic E-state index is -0.430. The predicted molar refractivity (Wildman–Crippen MR) is 83.8 cm³/mol. The van der Waals surface area contributed by atoms with Gasteiger partial charge in [-0.1, -0.05) is 23.7 Å². The molecule has 0 bridgehead atoms. The highest BCUT2D eigenvalue weighted by molar-refractivity contribution is 6.30. The van der Waals surface area contributed by atoms with Crippen LogP contribution in [0.1, 0.15) is 15.9 Å². The Morgan fingerprint density at radius 2 is 2.00 bits per heavy atom. The second kappa shape index (κ2) is 7.90. The van der Waals surface area contributed by atoms with Crippen molar-refractivity contribution in [3.05, 3.63) is 64.9 Å². The highest BCUT2D eigenvalue weighted by Gasteiger charge is 2.06. The lowest BCUT2D eigenvalue weighted by atomic mass is 10.2. The Bertz CT molecular complexity index is 689. The molecular weight excluding hydrogens is 304 g/mol. The largest absolute Gasteiger partial charge is 0.343 e. The van der Waals surface area contributed by atoms with Crippen LogP contribution in [0.25, 0.3) is 0 Å². The Labute approximate surface area is 132 Å². The van der Waals surface area contributed by atoms with E-state index >= 15 is 0 Å². The van der Waals surface area contributed by atoms with Crippen molar-refractivity contribution in [1.82, 2.24) is 15.7 Å². The summed E-state index contributed by atoms with van der Waals surface area (Å²) in [4.78, 5) is 27.1. The van der Waals surface area contributed by atoms with Crippen molar-refractivity contribution < 1.29 is 9.59 Å². The molecule has 1 aromatic heterocycles. The van der Waals surface area contributed by atoms with Crippen LogP contribution >= 0.6 is 11.6 Å². The summed E-state index contributed by atoms with van der Waals surface area (Å²) >= 11 is 5.83. The van der Waals surface area contributed by atoms with Crippen molar-refractivity contribution in [2.24, 2.45) is 5.10 Å². The molecule has 0 saturated heterocycles. The fourth-order valence-electron chi connectivity index (χ4n) is 1.57. The SMILES string of the molecule is O=C(CNC(=O)c1ccncc1)N/N=C/c1cccc(Cl)c1. The zero-order chi connectivity index (χ0) is 15.8. The minimum absolute atomic E-state index is 0.173. The highest BCUT2D eigenvalue weighted by atomic mass is 35.5. The van der Waals surface area contributed by atoms with Gasteiger partial charge in [0.25, 0.3) is 11.8 Å². The molecule has 2 rings (SSSR count). The molecule has 112 valence electrons. The third-order valence-corrected chi connectivity index (χ3v) is 2.84. The van der Waals surface area contributed by atoms with Gasteiger partial charge in [0, 0.05) is 23.0 Å². The lowest BCUT2D eigenvalue weighted by molar-refractivity contribution is -0.120. The topological polar surface area (TPSA) is 83.5 Å². The van der Waals surface area contributed by atoms with Crippen molar-refractivity contribution >= 4 is 29.6 Å². The molecule has 7 heteroatoms. The summed E-state index contributed by atoms with van der Waals surface area (Å²) in [5.74, 6) is -0.781. The summed E-state index contributed by atoms with van der Waals surface area (Å²) in [6.07, 6.45) is 4.48. The summed E-state index contributed by atoms with van der Waals surface area (Å²) in [5, 5.41) is 6.85. The quantitative estimate of drug-likeness (QED) is 0.649. The van der Waals surface area contributed by atoms with Gasteiger partial charge in [-0.15, -0.1) is 0 Å². The van der Waals surface area contributed by atoms with Crippen LogP contribution in [0.2, 0.25) is 5.02 Å². The van der Waals surface area contributed by atoms with Gasteiger partial charge in [-0.2, -0.15) is 5.10 Å². The highest BCUT2D eigenvalue weighted by Crippen LogP contribution is 2.08. The number of nitrogens with zero attached hydrogens (tertiary/aromatic N) is 2. The molecule has 0 radical (unpaired) electrons. The van der Waals surface area contributed by atoms with Gasteiger partial charge in [0.05, 0.1) is 12.8 Å². The van der Waals surface area contributed by atoms with Crippen LogP contribution in [0.15, 0.2) is 53.9 Å². The van der Waals surface area contributed by atoms with Crippen LogP contribution in [0.3, 0.4) is 0 Å². The van der Waals surface area contributed by atoms with Gasteiger partial charge < -0.3 is 5.32 Å². The Morgan fingerprint density at radius 3 is 2.73 bits per heavy atom. The predicted octanol–water partition coefficient (Wildman–Crippen LogP) is 1.62. The third kappa shape index (κ3) is 4.99. The third-order valence-electron chi connectivity index (χ3n) is 2.60. The maximum Gasteiger partial charge on any atom is 0.259 e. The van der Waals surface area contributed by atoms with Crippen molar-refractivity contribution in [3.8, 4) is 0 Å². The van der Waals surface area contributed by atoms with Gasteiger partial charge in [-0.25, -0.2) is 5.43 Å². The smallest absolute Gasteiger partial charge is 0.259 e. The number of carbonyl (C=O) groups is 2. The summed E-state index contributed by atoms with van der Waals surface area (Å²) in [6.45, 7) is -0.173. The van der Waals surface area contributed by atoms with E-state index in [0.29, 0.717) is 10.6 Å². The van der Waals surface area contributed by atoms with Gasteiger partial charge >= 0.3 is 0 Å². The van der Waals surface area contributed by atoms with E-state index in [1.165, 1.54) is 18.6 Å². The number of hydrazone groups is 1. The second-order valence-electron chi connectivity index (χ2n) is 4.27. The Balaban J connectivity index is 1.77. The maximum absolute atomic E-state index is 11.7. The van der Waals surface area contributed by atoms with Gasteiger partial charge in [-0.05, 0) is 29.8 Å². The number of pyridine rings is 1. The van der Waals surface area contributed by atoms with Crippen LogP contribution in [0.5, 0.6) is 0 Å². The molecule has 0 aliphatic rings. The normalized spacial score (nSPS) is 10.4. The van der Waals surface area contributed by atoms with E-state index in [1.807, 2.05) is 0 Å². The van der Waals surface area contributed by atoms with E-state index in [9.17, 15) is 9.59 Å². The monoisotopic (exact) mass is 316 g/mol. The number of amides is 2. The molecular formula is C15H13ClN4O2. The van der Waals surface area contributed by atoms with Gasteiger partial charge in [0.1, 0.15) is 0 Å². The molecule has 0 fully saturated rings. The molecule has 0 aliphatic heterocycles. The van der Waals surface area contributed by atoms with E-state index in [2.05, 4.69) is 20.8 Å². The maximum atomic E-state index is 11.7. The molecule has 0 saturated carbocycles. The molecule has 22 heavy (non-hydrogen) atoms. The number of carbonyl (C=O) groups excluding carboxylic acids is 2. The Morgan fingerprint density at radius 1 is 1.23 bits per heavy atom. The molecule has 6 nitrogen and oxygen atoms in total. The van der Waals surface area contributed by atoms with E-state index in [-0.39, 0.29) is 12.5 Å². The van der Waals surface area contributed by atoms with Crippen molar-refractivity contribution in [3.63, 3.8) is 0 Å². The number of hydrogen-bond acceptors (Lipinski definition) is 4. The molecule has 1 aromatic carbocycles. The van der Waals surface area contributed by atoms with Crippen LogP contribution in [0.4, 0.5) is 0 Å². The van der Waals surface area contributed by atoms with Crippen LogP contribution in [-0.4, -0.2) is 29.6 Å². The van der Waals surface area contributed by atoms with Crippen molar-refractivity contribution in [2.45, 2.75) is 0 Å². The average Bonchev–Trinajstić information content (AvgIpc) is 2.53.